The van der Waals surface area contributed by atoms with Crippen molar-refractivity contribution in [3.05, 3.63) is 83.7 Å². The number of furan rings is 2. The number of ether oxygens (including phenoxy) is 2. The first kappa shape index (κ1) is 19.7. The molecule has 6 heteroatoms. The van der Waals surface area contributed by atoms with Gasteiger partial charge >= 0.3 is 11.9 Å². The van der Waals surface area contributed by atoms with Gasteiger partial charge in [-0.25, -0.2) is 9.59 Å². The Morgan fingerprint density at radius 2 is 1.52 bits per heavy atom. The van der Waals surface area contributed by atoms with Crippen LogP contribution in [0.25, 0.3) is 0 Å². The van der Waals surface area contributed by atoms with Crippen LogP contribution in [0.15, 0.2) is 69.9 Å². The molecule has 0 spiro atoms. The normalized spacial score (nSPS) is 27.1. The lowest BCUT2D eigenvalue weighted by atomic mass is 9.81. The Labute approximate surface area is 180 Å². The van der Waals surface area contributed by atoms with Crippen molar-refractivity contribution in [3.63, 3.8) is 0 Å². The second-order valence-corrected chi connectivity index (χ2v) is 8.36. The number of hydrogen-bond acceptors (Lipinski definition) is 6. The summed E-state index contributed by atoms with van der Waals surface area (Å²) in [5.41, 5.74) is 2.69. The highest BCUT2D eigenvalue weighted by Crippen LogP contribution is 2.48. The van der Waals surface area contributed by atoms with Crippen molar-refractivity contribution in [3.8, 4) is 0 Å². The first-order chi connectivity index (χ1) is 15.1. The van der Waals surface area contributed by atoms with Gasteiger partial charge in [-0.2, -0.15) is 0 Å². The molecular formula is C25H24O6. The monoisotopic (exact) mass is 420 g/mol. The third kappa shape index (κ3) is 3.67. The van der Waals surface area contributed by atoms with E-state index in [0.29, 0.717) is 18.3 Å². The summed E-state index contributed by atoms with van der Waals surface area (Å²) >= 11 is 0. The molecule has 1 aromatic carbocycles. The van der Waals surface area contributed by atoms with Gasteiger partial charge in [-0.15, -0.1) is 0 Å². The van der Waals surface area contributed by atoms with Gasteiger partial charge in [-0.1, -0.05) is 31.2 Å². The van der Waals surface area contributed by atoms with Crippen LogP contribution in [0.1, 0.15) is 57.9 Å². The Kier molecular flexibility index (Phi) is 5.14. The smallest absolute Gasteiger partial charge is 0.374 e. The van der Waals surface area contributed by atoms with Gasteiger partial charge in [0, 0.05) is 5.92 Å². The highest BCUT2D eigenvalue weighted by molar-refractivity contribution is 5.87. The van der Waals surface area contributed by atoms with E-state index >= 15 is 0 Å². The van der Waals surface area contributed by atoms with Crippen LogP contribution in [-0.4, -0.2) is 24.1 Å². The van der Waals surface area contributed by atoms with E-state index in [1.54, 1.807) is 24.3 Å². The Morgan fingerprint density at radius 1 is 0.839 bits per heavy atom. The molecule has 1 fully saturated rings. The van der Waals surface area contributed by atoms with Crippen LogP contribution in [0.2, 0.25) is 0 Å². The van der Waals surface area contributed by atoms with E-state index in [2.05, 4.69) is 31.2 Å². The fourth-order valence-electron chi connectivity index (χ4n) is 5.22. The second-order valence-electron chi connectivity index (χ2n) is 8.36. The molecule has 2 heterocycles. The van der Waals surface area contributed by atoms with Crippen LogP contribution in [0, 0.1) is 11.8 Å². The van der Waals surface area contributed by atoms with Gasteiger partial charge in [0.1, 0.15) is 12.2 Å². The SMILES string of the molecule is CC1c2ccccc2CC1C1CCC(OC(=O)c2ccco2)C1OC(=O)c1ccco1. The van der Waals surface area contributed by atoms with Crippen molar-refractivity contribution < 1.29 is 27.9 Å². The summed E-state index contributed by atoms with van der Waals surface area (Å²) in [5.74, 6) is -0.0762. The van der Waals surface area contributed by atoms with Gasteiger partial charge in [0.05, 0.1) is 12.5 Å². The Balaban J connectivity index is 1.39. The minimum absolute atomic E-state index is 0.0794. The van der Waals surface area contributed by atoms with Crippen molar-refractivity contribution in [1.29, 1.82) is 0 Å². The highest BCUT2D eigenvalue weighted by atomic mass is 16.6. The molecule has 5 atom stereocenters. The average molecular weight is 420 g/mol. The predicted molar refractivity (Wildman–Crippen MR) is 111 cm³/mol. The van der Waals surface area contributed by atoms with E-state index in [-0.39, 0.29) is 17.4 Å². The van der Waals surface area contributed by atoms with E-state index in [1.165, 1.54) is 23.7 Å². The van der Waals surface area contributed by atoms with E-state index in [0.717, 1.165) is 12.8 Å². The molecule has 0 saturated heterocycles. The third-order valence-electron chi connectivity index (χ3n) is 6.71. The zero-order valence-electron chi connectivity index (χ0n) is 17.2. The van der Waals surface area contributed by atoms with E-state index in [1.807, 2.05) is 0 Å². The first-order valence-corrected chi connectivity index (χ1v) is 10.7. The van der Waals surface area contributed by atoms with Crippen LogP contribution in [0.5, 0.6) is 0 Å². The van der Waals surface area contributed by atoms with E-state index < -0.39 is 24.1 Å². The molecule has 6 nitrogen and oxygen atoms in total. The molecule has 160 valence electrons. The molecule has 0 bridgehead atoms. The quantitative estimate of drug-likeness (QED) is 0.540. The van der Waals surface area contributed by atoms with Crippen molar-refractivity contribution in [2.45, 2.75) is 44.3 Å². The summed E-state index contributed by atoms with van der Waals surface area (Å²) in [5, 5.41) is 0. The van der Waals surface area contributed by atoms with Gasteiger partial charge in [-0.3, -0.25) is 0 Å². The Morgan fingerprint density at radius 3 is 2.16 bits per heavy atom. The minimum atomic E-state index is -0.544. The van der Waals surface area contributed by atoms with Crippen LogP contribution in [-0.2, 0) is 15.9 Å². The van der Waals surface area contributed by atoms with Crippen molar-refractivity contribution >= 4 is 11.9 Å². The van der Waals surface area contributed by atoms with Gasteiger partial charge in [0.15, 0.2) is 0 Å². The molecule has 2 aliphatic rings. The summed E-state index contributed by atoms with van der Waals surface area (Å²) < 4.78 is 22.1. The lowest BCUT2D eigenvalue weighted by molar-refractivity contribution is -0.0453. The number of carbonyl (C=O) groups is 2. The number of rotatable bonds is 5. The number of hydrogen-bond donors (Lipinski definition) is 0. The number of fused-ring (bicyclic) bond motifs is 1. The number of esters is 2. The Bertz CT molecular complexity index is 1050. The zero-order valence-corrected chi connectivity index (χ0v) is 17.2. The summed E-state index contributed by atoms with van der Waals surface area (Å²) in [7, 11) is 0. The third-order valence-corrected chi connectivity index (χ3v) is 6.71. The molecular weight excluding hydrogens is 396 g/mol. The average Bonchev–Trinajstić information content (AvgIpc) is 3.57. The van der Waals surface area contributed by atoms with Gasteiger partial charge < -0.3 is 18.3 Å². The standard InChI is InChI=1S/C25H24O6/c1-15-17-7-3-2-6-16(17)14-19(15)18-10-11-20(30-24(26)21-8-4-12-28-21)23(18)31-25(27)22-9-5-13-29-22/h2-9,12-13,15,18-20,23H,10-11,14H2,1H3. The van der Waals surface area contributed by atoms with Crippen molar-refractivity contribution in [1.82, 2.24) is 0 Å². The fourth-order valence-corrected chi connectivity index (χ4v) is 5.22. The molecule has 31 heavy (non-hydrogen) atoms. The molecule has 5 unspecified atom stereocenters. The summed E-state index contributed by atoms with van der Waals surface area (Å²) in [4.78, 5) is 25.2. The highest BCUT2D eigenvalue weighted by Gasteiger charge is 2.48. The molecule has 1 saturated carbocycles. The number of benzene rings is 1. The summed E-state index contributed by atoms with van der Waals surface area (Å²) in [6, 6.07) is 14.9. The van der Waals surface area contributed by atoms with Gasteiger partial charge in [0.2, 0.25) is 11.5 Å². The number of carbonyl (C=O) groups excluding carboxylic acids is 2. The van der Waals surface area contributed by atoms with Crippen molar-refractivity contribution in [2.24, 2.45) is 11.8 Å². The van der Waals surface area contributed by atoms with Crippen molar-refractivity contribution in [2.75, 3.05) is 0 Å². The zero-order chi connectivity index (χ0) is 21.4. The van der Waals surface area contributed by atoms with Gasteiger partial charge in [0.25, 0.3) is 0 Å². The molecule has 0 aliphatic heterocycles. The maximum atomic E-state index is 12.7. The van der Waals surface area contributed by atoms with Crippen LogP contribution in [0.3, 0.4) is 0 Å². The van der Waals surface area contributed by atoms with Crippen LogP contribution >= 0.6 is 0 Å². The molecule has 2 aromatic heterocycles. The molecule has 0 radical (unpaired) electrons. The van der Waals surface area contributed by atoms with E-state index in [4.69, 9.17) is 18.3 Å². The second kappa shape index (κ2) is 8.10. The van der Waals surface area contributed by atoms with Crippen LogP contribution < -0.4 is 0 Å². The predicted octanol–water partition coefficient (Wildman–Crippen LogP) is 5.01. The molecule has 5 rings (SSSR count). The van der Waals surface area contributed by atoms with Gasteiger partial charge in [-0.05, 0) is 66.5 Å². The summed E-state index contributed by atoms with van der Waals surface area (Å²) in [6.07, 6.45) is 4.17. The maximum absolute atomic E-state index is 12.7. The molecule has 2 aliphatic carbocycles. The van der Waals surface area contributed by atoms with Crippen LogP contribution in [0.4, 0.5) is 0 Å². The molecule has 3 aromatic rings. The first-order valence-electron chi connectivity index (χ1n) is 10.7. The summed E-state index contributed by atoms with van der Waals surface area (Å²) in [6.45, 7) is 2.23. The maximum Gasteiger partial charge on any atom is 0.374 e. The minimum Gasteiger partial charge on any atom is -0.457 e. The molecule has 0 N–H and O–H groups in total. The Hall–Kier alpha value is -3.28. The fraction of sp³-hybridized carbons (Fsp3) is 0.360. The van der Waals surface area contributed by atoms with E-state index in [9.17, 15) is 9.59 Å². The topological polar surface area (TPSA) is 78.9 Å². The largest absolute Gasteiger partial charge is 0.457 e. The lowest BCUT2D eigenvalue weighted by Gasteiger charge is -2.30. The molecule has 0 amide bonds. The lowest BCUT2D eigenvalue weighted by Crippen LogP contribution is -2.38.